The van der Waals surface area contributed by atoms with E-state index in [1.165, 1.54) is 0 Å². The van der Waals surface area contributed by atoms with Gasteiger partial charge in [0.25, 0.3) is 5.91 Å². The van der Waals surface area contributed by atoms with Crippen molar-refractivity contribution >= 4 is 5.91 Å². The van der Waals surface area contributed by atoms with Crippen LogP contribution in [0.2, 0.25) is 0 Å². The monoisotopic (exact) mass is 378 g/mol. The lowest BCUT2D eigenvalue weighted by Gasteiger charge is -2.34. The molecule has 0 radical (unpaired) electrons. The Labute approximate surface area is 163 Å². The number of carbonyl (C=O) groups is 1. The van der Waals surface area contributed by atoms with Gasteiger partial charge in [-0.3, -0.25) is 9.69 Å². The molecule has 3 aromatic rings. The Morgan fingerprint density at radius 2 is 1.71 bits per heavy atom. The number of carbonyl (C=O) groups excluding carboxylic acids is 1. The SMILES string of the molecule is COc1ccc(-n2nnnc2CN2CCN(C(=O)c3ccccc3)CC2)cc1. The van der Waals surface area contributed by atoms with Crippen LogP contribution in [0.1, 0.15) is 16.2 Å². The molecule has 2 aromatic carbocycles. The summed E-state index contributed by atoms with van der Waals surface area (Å²) in [5.41, 5.74) is 1.62. The van der Waals surface area contributed by atoms with E-state index in [2.05, 4.69) is 20.4 Å². The third-order valence-electron chi connectivity index (χ3n) is 4.90. The van der Waals surface area contributed by atoms with E-state index in [1.807, 2.05) is 59.5 Å². The molecule has 8 heteroatoms. The number of tetrazole rings is 1. The van der Waals surface area contributed by atoms with Gasteiger partial charge in [0.05, 0.1) is 19.3 Å². The molecule has 4 rings (SSSR count). The van der Waals surface area contributed by atoms with Gasteiger partial charge in [0.15, 0.2) is 5.82 Å². The first-order chi connectivity index (χ1) is 13.7. The molecule has 0 saturated carbocycles. The van der Waals surface area contributed by atoms with Crippen LogP contribution in [0.3, 0.4) is 0 Å². The molecule has 1 aromatic heterocycles. The molecule has 0 spiro atoms. The fourth-order valence-corrected chi connectivity index (χ4v) is 3.30. The van der Waals surface area contributed by atoms with Crippen LogP contribution in [0.25, 0.3) is 5.69 Å². The lowest BCUT2D eigenvalue weighted by atomic mass is 10.2. The largest absolute Gasteiger partial charge is 0.497 e. The van der Waals surface area contributed by atoms with Crippen molar-refractivity contribution < 1.29 is 9.53 Å². The van der Waals surface area contributed by atoms with Gasteiger partial charge in [-0.05, 0) is 46.8 Å². The number of piperazine rings is 1. The molecule has 1 fully saturated rings. The van der Waals surface area contributed by atoms with E-state index in [9.17, 15) is 4.79 Å². The van der Waals surface area contributed by atoms with Crippen LogP contribution in [-0.2, 0) is 6.54 Å². The standard InChI is InChI=1S/C20H22N6O2/c1-28-18-9-7-17(8-10-18)26-19(21-22-23-26)15-24-11-13-25(14-12-24)20(27)16-5-3-2-4-6-16/h2-10H,11-15H2,1H3. The molecule has 8 nitrogen and oxygen atoms in total. The first kappa shape index (κ1) is 18.1. The maximum atomic E-state index is 12.6. The van der Waals surface area contributed by atoms with E-state index in [-0.39, 0.29) is 5.91 Å². The predicted octanol–water partition coefficient (Wildman–Crippen LogP) is 1.63. The lowest BCUT2D eigenvalue weighted by Crippen LogP contribution is -2.48. The van der Waals surface area contributed by atoms with Crippen molar-refractivity contribution in [3.05, 3.63) is 66.0 Å². The van der Waals surface area contributed by atoms with Crippen molar-refractivity contribution in [2.45, 2.75) is 6.54 Å². The molecule has 0 bridgehead atoms. The van der Waals surface area contributed by atoms with E-state index >= 15 is 0 Å². The summed E-state index contributed by atoms with van der Waals surface area (Å²) in [7, 11) is 1.64. The van der Waals surface area contributed by atoms with Crippen molar-refractivity contribution in [3.63, 3.8) is 0 Å². The molecule has 0 N–H and O–H groups in total. The molecule has 2 heterocycles. The minimum atomic E-state index is 0.0864. The Morgan fingerprint density at radius 3 is 2.39 bits per heavy atom. The van der Waals surface area contributed by atoms with E-state index < -0.39 is 0 Å². The summed E-state index contributed by atoms with van der Waals surface area (Å²) in [4.78, 5) is 16.7. The fourth-order valence-electron chi connectivity index (χ4n) is 3.30. The third kappa shape index (κ3) is 3.86. The van der Waals surface area contributed by atoms with Crippen LogP contribution in [-0.4, -0.2) is 69.2 Å². The molecule has 144 valence electrons. The number of ether oxygens (including phenoxy) is 1. The first-order valence-corrected chi connectivity index (χ1v) is 9.23. The number of hydrogen-bond acceptors (Lipinski definition) is 6. The van der Waals surface area contributed by atoms with Gasteiger partial charge in [-0.2, -0.15) is 4.68 Å². The average molecular weight is 378 g/mol. The highest BCUT2D eigenvalue weighted by molar-refractivity contribution is 5.94. The van der Waals surface area contributed by atoms with Crippen LogP contribution < -0.4 is 4.74 Å². The Morgan fingerprint density at radius 1 is 1.00 bits per heavy atom. The minimum Gasteiger partial charge on any atom is -0.497 e. The molecule has 1 saturated heterocycles. The van der Waals surface area contributed by atoms with Crippen molar-refractivity contribution in [1.29, 1.82) is 0 Å². The summed E-state index contributed by atoms with van der Waals surface area (Å²) in [6.45, 7) is 3.59. The number of amides is 1. The number of hydrogen-bond donors (Lipinski definition) is 0. The number of rotatable bonds is 5. The summed E-state index contributed by atoms with van der Waals surface area (Å²) in [5, 5.41) is 12.1. The maximum absolute atomic E-state index is 12.6. The lowest BCUT2D eigenvalue weighted by molar-refractivity contribution is 0.0624. The van der Waals surface area contributed by atoms with Crippen molar-refractivity contribution in [2.24, 2.45) is 0 Å². The van der Waals surface area contributed by atoms with Crippen LogP contribution >= 0.6 is 0 Å². The summed E-state index contributed by atoms with van der Waals surface area (Å²) in [5.74, 6) is 1.65. The highest BCUT2D eigenvalue weighted by atomic mass is 16.5. The van der Waals surface area contributed by atoms with Gasteiger partial charge in [0, 0.05) is 31.7 Å². The molecular formula is C20H22N6O2. The first-order valence-electron chi connectivity index (χ1n) is 9.23. The smallest absolute Gasteiger partial charge is 0.253 e. The zero-order valence-electron chi connectivity index (χ0n) is 15.7. The highest BCUT2D eigenvalue weighted by Gasteiger charge is 2.23. The van der Waals surface area contributed by atoms with E-state index in [1.54, 1.807) is 11.8 Å². The minimum absolute atomic E-state index is 0.0864. The quantitative estimate of drug-likeness (QED) is 0.672. The van der Waals surface area contributed by atoms with Gasteiger partial charge in [0.2, 0.25) is 0 Å². The second kappa shape index (κ2) is 8.18. The van der Waals surface area contributed by atoms with Crippen LogP contribution in [0.15, 0.2) is 54.6 Å². The maximum Gasteiger partial charge on any atom is 0.253 e. The van der Waals surface area contributed by atoms with Gasteiger partial charge in [-0.15, -0.1) is 5.10 Å². The van der Waals surface area contributed by atoms with Crippen LogP contribution in [0.4, 0.5) is 0 Å². The number of nitrogens with zero attached hydrogens (tertiary/aromatic N) is 6. The molecule has 1 aliphatic rings. The summed E-state index contributed by atoms with van der Waals surface area (Å²) in [6.07, 6.45) is 0. The second-order valence-electron chi connectivity index (χ2n) is 6.64. The van der Waals surface area contributed by atoms with Crippen molar-refractivity contribution in [1.82, 2.24) is 30.0 Å². The summed E-state index contributed by atoms with van der Waals surface area (Å²) < 4.78 is 6.94. The molecular weight excluding hydrogens is 356 g/mol. The topological polar surface area (TPSA) is 76.4 Å². The van der Waals surface area contributed by atoms with Crippen molar-refractivity contribution in [2.75, 3.05) is 33.3 Å². The predicted molar refractivity (Wildman–Crippen MR) is 103 cm³/mol. The van der Waals surface area contributed by atoms with Gasteiger partial charge < -0.3 is 9.64 Å². The second-order valence-corrected chi connectivity index (χ2v) is 6.64. The molecule has 0 aliphatic carbocycles. The average Bonchev–Trinajstić information content (AvgIpc) is 3.22. The summed E-state index contributed by atoms with van der Waals surface area (Å²) in [6, 6.07) is 17.0. The van der Waals surface area contributed by atoms with Crippen molar-refractivity contribution in [3.8, 4) is 11.4 Å². The molecule has 28 heavy (non-hydrogen) atoms. The van der Waals surface area contributed by atoms with Crippen LogP contribution in [0.5, 0.6) is 5.75 Å². The Balaban J connectivity index is 1.38. The van der Waals surface area contributed by atoms with Gasteiger partial charge >= 0.3 is 0 Å². The highest BCUT2D eigenvalue weighted by Crippen LogP contribution is 2.16. The number of methoxy groups -OCH3 is 1. The molecule has 1 amide bonds. The van der Waals surface area contributed by atoms with E-state index in [4.69, 9.17) is 4.74 Å². The number of benzene rings is 2. The fraction of sp³-hybridized carbons (Fsp3) is 0.300. The van der Waals surface area contributed by atoms with E-state index in [0.717, 1.165) is 35.9 Å². The van der Waals surface area contributed by atoms with Gasteiger partial charge in [-0.25, -0.2) is 0 Å². The number of aromatic nitrogens is 4. The van der Waals surface area contributed by atoms with Crippen LogP contribution in [0, 0.1) is 0 Å². The van der Waals surface area contributed by atoms with E-state index in [0.29, 0.717) is 19.6 Å². The van der Waals surface area contributed by atoms with Gasteiger partial charge in [-0.1, -0.05) is 18.2 Å². The molecule has 0 atom stereocenters. The zero-order valence-corrected chi connectivity index (χ0v) is 15.7. The normalized spacial score (nSPS) is 14.8. The third-order valence-corrected chi connectivity index (χ3v) is 4.90. The van der Waals surface area contributed by atoms with Gasteiger partial charge in [0.1, 0.15) is 5.75 Å². The Bertz CT molecular complexity index is 917. The zero-order chi connectivity index (χ0) is 19.3. The molecule has 0 unspecified atom stereocenters. The summed E-state index contributed by atoms with van der Waals surface area (Å²) >= 11 is 0. The molecule has 1 aliphatic heterocycles. The Hall–Kier alpha value is -3.26. The Kier molecular flexibility index (Phi) is 5.29.